The zero-order chi connectivity index (χ0) is 27.7. The molecule has 0 atom stereocenters. The smallest absolute Gasteiger partial charge is 0.248 e. The van der Waals surface area contributed by atoms with E-state index in [9.17, 15) is 17.6 Å². The van der Waals surface area contributed by atoms with Crippen LogP contribution in [0.25, 0.3) is 12.2 Å². The lowest BCUT2D eigenvalue weighted by atomic mass is 10.1. The Morgan fingerprint density at radius 3 is 2.18 bits per heavy atom. The Hall–Kier alpha value is -4.38. The van der Waals surface area contributed by atoms with Crippen LogP contribution < -0.4 is 24.3 Å². The van der Waals surface area contributed by atoms with Crippen molar-refractivity contribution in [1.82, 2.24) is 4.98 Å². The van der Waals surface area contributed by atoms with E-state index in [1.807, 2.05) is 0 Å². The fraction of sp³-hybridized carbons (Fsp3) is 0.185. The van der Waals surface area contributed by atoms with Gasteiger partial charge in [-0.15, -0.1) is 0 Å². The van der Waals surface area contributed by atoms with Gasteiger partial charge in [0.15, 0.2) is 9.84 Å². The first-order chi connectivity index (χ1) is 18.2. The summed E-state index contributed by atoms with van der Waals surface area (Å²) in [6.45, 7) is 0. The van der Waals surface area contributed by atoms with Crippen molar-refractivity contribution >= 4 is 33.6 Å². The largest absolute Gasteiger partial charge is 0.496 e. The average molecular weight is 543 g/mol. The molecule has 0 fully saturated rings. The molecule has 0 aliphatic carbocycles. The van der Waals surface area contributed by atoms with Crippen LogP contribution in [0.15, 0.2) is 60.1 Å². The Bertz CT molecular complexity index is 1430. The molecule has 1 amide bonds. The maximum Gasteiger partial charge on any atom is 0.248 e. The number of methoxy groups -OCH3 is 4. The highest BCUT2D eigenvalue weighted by Crippen LogP contribution is 2.35. The van der Waals surface area contributed by atoms with Crippen LogP contribution in [0.5, 0.6) is 23.1 Å². The number of hydrogen-bond acceptors (Lipinski definition) is 8. The fourth-order valence-electron chi connectivity index (χ4n) is 3.40. The van der Waals surface area contributed by atoms with Crippen molar-refractivity contribution < 1.29 is 36.6 Å². The molecular formula is C27H27FN2O7S. The normalized spacial score (nSPS) is 11.5. The van der Waals surface area contributed by atoms with Gasteiger partial charge in [-0.25, -0.2) is 17.8 Å². The Kier molecular flexibility index (Phi) is 9.44. The number of sulfone groups is 1. The SMILES string of the molecule is COc1cc(OC)c(C=CS(=O)(=O)Cc2cnc(OC)c(NC(=O)C=Cc3ccc(F)cc3)c2)c(OC)c1. The predicted octanol–water partition coefficient (Wildman–Crippen LogP) is 4.49. The lowest BCUT2D eigenvalue weighted by molar-refractivity contribution is -0.111. The first kappa shape index (κ1) is 28.2. The molecule has 9 nitrogen and oxygen atoms in total. The van der Waals surface area contributed by atoms with E-state index in [0.717, 1.165) is 5.41 Å². The molecule has 11 heteroatoms. The van der Waals surface area contributed by atoms with Crippen molar-refractivity contribution in [2.45, 2.75) is 5.75 Å². The molecular weight excluding hydrogens is 515 g/mol. The van der Waals surface area contributed by atoms with Gasteiger partial charge in [-0.1, -0.05) is 12.1 Å². The molecule has 0 unspecified atom stereocenters. The zero-order valence-electron chi connectivity index (χ0n) is 21.2. The van der Waals surface area contributed by atoms with Crippen LogP contribution in [-0.4, -0.2) is 47.7 Å². The van der Waals surface area contributed by atoms with Crippen LogP contribution in [0.4, 0.5) is 10.1 Å². The Morgan fingerprint density at radius 1 is 0.947 bits per heavy atom. The highest BCUT2D eigenvalue weighted by Gasteiger charge is 2.16. The van der Waals surface area contributed by atoms with Crippen LogP contribution in [-0.2, 0) is 20.4 Å². The van der Waals surface area contributed by atoms with Crippen LogP contribution in [0.2, 0.25) is 0 Å². The number of ether oxygens (including phenoxy) is 4. The van der Waals surface area contributed by atoms with Gasteiger partial charge in [0.05, 0.1) is 39.8 Å². The highest BCUT2D eigenvalue weighted by atomic mass is 32.2. The van der Waals surface area contributed by atoms with Gasteiger partial charge in [0.1, 0.15) is 28.8 Å². The van der Waals surface area contributed by atoms with E-state index >= 15 is 0 Å². The summed E-state index contributed by atoms with van der Waals surface area (Å²) in [6.07, 6.45) is 5.50. The summed E-state index contributed by atoms with van der Waals surface area (Å²) in [7, 11) is 2.00. The third kappa shape index (κ3) is 7.56. The molecule has 0 saturated carbocycles. The van der Waals surface area contributed by atoms with Crippen LogP contribution >= 0.6 is 0 Å². The Labute approximate surface area is 220 Å². The number of benzene rings is 2. The number of carbonyl (C=O) groups is 1. The molecule has 2 aromatic carbocycles. The van der Waals surface area contributed by atoms with Crippen LogP contribution in [0.3, 0.4) is 0 Å². The number of amides is 1. The summed E-state index contributed by atoms with van der Waals surface area (Å²) in [5.74, 6) is 0.0625. The number of anilines is 1. The van der Waals surface area contributed by atoms with E-state index in [2.05, 4.69) is 10.3 Å². The molecule has 1 heterocycles. The summed E-state index contributed by atoms with van der Waals surface area (Å²) in [5.41, 5.74) is 1.56. The monoisotopic (exact) mass is 542 g/mol. The lowest BCUT2D eigenvalue weighted by Gasteiger charge is -2.12. The van der Waals surface area contributed by atoms with E-state index in [4.69, 9.17) is 18.9 Å². The van der Waals surface area contributed by atoms with Gasteiger partial charge in [-0.05, 0) is 41.5 Å². The van der Waals surface area contributed by atoms with Crippen molar-refractivity contribution in [2.24, 2.45) is 0 Å². The number of nitrogens with zero attached hydrogens (tertiary/aromatic N) is 1. The Balaban J connectivity index is 1.79. The third-order valence-corrected chi connectivity index (χ3v) is 6.51. The van der Waals surface area contributed by atoms with Crippen molar-refractivity contribution in [3.8, 4) is 23.1 Å². The maximum absolute atomic E-state index is 13.1. The van der Waals surface area contributed by atoms with Gasteiger partial charge in [0.2, 0.25) is 11.8 Å². The van der Waals surface area contributed by atoms with E-state index < -0.39 is 21.5 Å². The van der Waals surface area contributed by atoms with E-state index in [1.54, 1.807) is 12.1 Å². The standard InChI is InChI=1S/C27H27FN2O7S/c1-34-21-14-24(35-2)22(25(15-21)36-3)11-12-38(32,33)17-19-13-23(27(37-4)29-16-19)30-26(31)10-7-18-5-8-20(28)9-6-18/h5-16H,17H2,1-4H3,(H,30,31). The Morgan fingerprint density at radius 2 is 1.61 bits per heavy atom. The summed E-state index contributed by atoms with van der Waals surface area (Å²) < 4.78 is 59.9. The third-order valence-electron chi connectivity index (χ3n) is 5.22. The number of carbonyl (C=O) groups excluding carboxylic acids is 1. The number of halogens is 1. The summed E-state index contributed by atoms with van der Waals surface area (Å²) >= 11 is 0. The number of hydrogen-bond donors (Lipinski definition) is 1. The topological polar surface area (TPSA) is 113 Å². The summed E-state index contributed by atoms with van der Waals surface area (Å²) in [4.78, 5) is 16.5. The molecule has 0 saturated heterocycles. The van der Waals surface area contributed by atoms with E-state index in [-0.39, 0.29) is 17.4 Å². The van der Waals surface area contributed by atoms with Crippen LogP contribution in [0, 0.1) is 5.82 Å². The minimum atomic E-state index is -3.77. The summed E-state index contributed by atoms with van der Waals surface area (Å²) in [5, 5.41) is 3.67. The van der Waals surface area contributed by atoms with Crippen molar-refractivity contribution in [3.63, 3.8) is 0 Å². The van der Waals surface area contributed by atoms with Crippen molar-refractivity contribution in [3.05, 3.63) is 82.7 Å². The minimum absolute atomic E-state index is 0.109. The number of aromatic nitrogens is 1. The molecule has 0 aliphatic rings. The highest BCUT2D eigenvalue weighted by molar-refractivity contribution is 7.93. The first-order valence-electron chi connectivity index (χ1n) is 11.2. The predicted molar refractivity (Wildman–Crippen MR) is 143 cm³/mol. The van der Waals surface area contributed by atoms with E-state index in [0.29, 0.717) is 33.9 Å². The van der Waals surface area contributed by atoms with Crippen molar-refractivity contribution in [2.75, 3.05) is 33.8 Å². The number of nitrogens with one attached hydrogen (secondary N) is 1. The molecule has 1 aromatic heterocycles. The quantitative estimate of drug-likeness (QED) is 0.353. The molecule has 38 heavy (non-hydrogen) atoms. The molecule has 200 valence electrons. The second kappa shape index (κ2) is 12.7. The first-order valence-corrected chi connectivity index (χ1v) is 12.9. The average Bonchev–Trinajstić information content (AvgIpc) is 2.91. The van der Waals surface area contributed by atoms with Gasteiger partial charge >= 0.3 is 0 Å². The van der Waals surface area contributed by atoms with Crippen LogP contribution in [0.1, 0.15) is 16.7 Å². The van der Waals surface area contributed by atoms with Gasteiger partial charge in [0.25, 0.3) is 0 Å². The molecule has 0 bridgehead atoms. The molecule has 0 spiro atoms. The van der Waals surface area contributed by atoms with Gasteiger partial charge in [-0.2, -0.15) is 0 Å². The maximum atomic E-state index is 13.1. The van der Waals surface area contributed by atoms with Gasteiger partial charge in [-0.3, -0.25) is 4.79 Å². The molecule has 0 radical (unpaired) electrons. The van der Waals surface area contributed by atoms with Crippen molar-refractivity contribution in [1.29, 1.82) is 0 Å². The number of pyridine rings is 1. The zero-order valence-corrected chi connectivity index (χ0v) is 22.0. The summed E-state index contributed by atoms with van der Waals surface area (Å²) in [6, 6.07) is 10.3. The molecule has 1 N–H and O–H groups in total. The molecule has 3 rings (SSSR count). The lowest BCUT2D eigenvalue weighted by Crippen LogP contribution is -2.11. The van der Waals surface area contributed by atoms with Gasteiger partial charge < -0.3 is 24.3 Å². The molecule has 0 aliphatic heterocycles. The molecule has 3 aromatic rings. The minimum Gasteiger partial charge on any atom is -0.496 e. The second-order valence-electron chi connectivity index (χ2n) is 7.83. The van der Waals surface area contributed by atoms with E-state index in [1.165, 1.54) is 83.2 Å². The number of rotatable bonds is 11. The fourth-order valence-corrected chi connectivity index (χ4v) is 4.46. The second-order valence-corrected chi connectivity index (χ2v) is 9.72. The van der Waals surface area contributed by atoms with Gasteiger partial charge in [0, 0.05) is 29.8 Å².